The number of hydrogen-bond donors (Lipinski definition) is 2. The van der Waals surface area contributed by atoms with E-state index in [0.717, 1.165) is 11.1 Å². The van der Waals surface area contributed by atoms with Crippen LogP contribution in [0.15, 0.2) is 82.7 Å². The molecule has 0 radical (unpaired) electrons. The zero-order valence-corrected chi connectivity index (χ0v) is 19.2. The molecule has 2 amide bonds. The summed E-state index contributed by atoms with van der Waals surface area (Å²) in [4.78, 5) is 28.5. The third-order valence-electron chi connectivity index (χ3n) is 4.54. The smallest absolute Gasteiger partial charge is 0.264 e. The lowest BCUT2D eigenvalue weighted by molar-refractivity contribution is -0.115. The lowest BCUT2D eigenvalue weighted by Gasteiger charge is -2.07. The number of ether oxygens (including phenoxy) is 1. The fourth-order valence-corrected chi connectivity index (χ4v) is 3.98. The van der Waals surface area contributed by atoms with Crippen molar-refractivity contribution in [3.63, 3.8) is 0 Å². The van der Waals surface area contributed by atoms with Crippen LogP contribution in [0.25, 0.3) is 6.08 Å². The van der Waals surface area contributed by atoms with Gasteiger partial charge >= 0.3 is 0 Å². The van der Waals surface area contributed by atoms with Crippen molar-refractivity contribution >= 4 is 57.8 Å². The molecule has 33 heavy (non-hydrogen) atoms. The number of halogens is 1. The molecule has 0 bridgehead atoms. The molecule has 3 aromatic carbocycles. The zero-order valence-electron chi connectivity index (χ0n) is 17.7. The molecule has 1 fully saturated rings. The van der Waals surface area contributed by atoms with E-state index < -0.39 is 0 Å². The number of rotatable bonds is 6. The Balaban J connectivity index is 1.42. The Kier molecular flexibility index (Phi) is 7.12. The van der Waals surface area contributed by atoms with Crippen molar-refractivity contribution < 1.29 is 14.3 Å². The highest BCUT2D eigenvalue weighted by Gasteiger charge is 2.23. The fraction of sp³-hybridized carbons (Fsp3) is 0.0800. The standard InChI is InChI=1S/C25H20ClN3O3S/c1-16(30)27-20-9-11-21(12-10-20)28-25-29-24(31)23(33-25)14-18-3-2-4-22(13-18)32-15-17-5-7-19(26)8-6-17/h2-14H,15H2,1H3,(H,27,30)(H,28,29,31). The Morgan fingerprint density at radius 1 is 1.12 bits per heavy atom. The molecule has 1 aliphatic heterocycles. The molecule has 4 rings (SSSR count). The molecule has 0 unspecified atom stereocenters. The van der Waals surface area contributed by atoms with E-state index in [1.165, 1.54) is 18.7 Å². The molecule has 0 atom stereocenters. The first kappa shape index (κ1) is 22.6. The van der Waals surface area contributed by atoms with E-state index in [1.54, 1.807) is 30.3 Å². The maximum absolute atomic E-state index is 12.4. The van der Waals surface area contributed by atoms with Crippen LogP contribution in [0.1, 0.15) is 18.1 Å². The second kappa shape index (κ2) is 10.4. The highest BCUT2D eigenvalue weighted by molar-refractivity contribution is 8.18. The minimum absolute atomic E-state index is 0.137. The van der Waals surface area contributed by atoms with E-state index in [1.807, 2.05) is 48.5 Å². The Labute approximate surface area is 200 Å². The molecule has 0 aromatic heterocycles. The van der Waals surface area contributed by atoms with Crippen LogP contribution in [-0.4, -0.2) is 17.0 Å². The van der Waals surface area contributed by atoms with Crippen LogP contribution >= 0.6 is 23.4 Å². The van der Waals surface area contributed by atoms with Crippen molar-refractivity contribution in [3.8, 4) is 5.75 Å². The first-order chi connectivity index (χ1) is 15.9. The maximum Gasteiger partial charge on any atom is 0.264 e. The molecule has 2 N–H and O–H groups in total. The van der Waals surface area contributed by atoms with Gasteiger partial charge in [0.15, 0.2) is 5.17 Å². The molecule has 3 aromatic rings. The van der Waals surface area contributed by atoms with Crippen LogP contribution < -0.4 is 15.4 Å². The highest BCUT2D eigenvalue weighted by atomic mass is 35.5. The topological polar surface area (TPSA) is 79.8 Å². The van der Waals surface area contributed by atoms with Gasteiger partial charge in [0.25, 0.3) is 5.91 Å². The summed E-state index contributed by atoms with van der Waals surface area (Å²) in [6.45, 7) is 1.87. The summed E-state index contributed by atoms with van der Waals surface area (Å²) in [7, 11) is 0. The number of anilines is 1. The van der Waals surface area contributed by atoms with E-state index in [2.05, 4.69) is 15.6 Å². The second-order valence-electron chi connectivity index (χ2n) is 7.20. The van der Waals surface area contributed by atoms with Crippen LogP contribution in [0.2, 0.25) is 5.02 Å². The molecule has 0 aliphatic carbocycles. The average molecular weight is 478 g/mol. The van der Waals surface area contributed by atoms with Crippen LogP contribution in [0.3, 0.4) is 0 Å². The summed E-state index contributed by atoms with van der Waals surface area (Å²) in [5.41, 5.74) is 3.22. The quantitative estimate of drug-likeness (QED) is 0.442. The fourth-order valence-electron chi connectivity index (χ4n) is 3.01. The number of amides is 2. The Hall–Kier alpha value is -3.55. The van der Waals surface area contributed by atoms with Gasteiger partial charge in [-0.1, -0.05) is 35.9 Å². The van der Waals surface area contributed by atoms with E-state index in [9.17, 15) is 9.59 Å². The van der Waals surface area contributed by atoms with Gasteiger partial charge in [0.2, 0.25) is 5.91 Å². The number of benzene rings is 3. The normalized spacial score (nSPS) is 15.5. The highest BCUT2D eigenvalue weighted by Crippen LogP contribution is 2.29. The van der Waals surface area contributed by atoms with Gasteiger partial charge < -0.3 is 15.4 Å². The van der Waals surface area contributed by atoms with Gasteiger partial charge in [-0.15, -0.1) is 0 Å². The monoisotopic (exact) mass is 477 g/mol. The Morgan fingerprint density at radius 2 is 1.88 bits per heavy atom. The number of carbonyl (C=O) groups excluding carboxylic acids is 2. The number of carbonyl (C=O) groups is 2. The predicted molar refractivity (Wildman–Crippen MR) is 134 cm³/mol. The summed E-state index contributed by atoms with van der Waals surface area (Å²) in [6.07, 6.45) is 1.80. The summed E-state index contributed by atoms with van der Waals surface area (Å²) < 4.78 is 5.87. The van der Waals surface area contributed by atoms with Crippen molar-refractivity contribution in [2.75, 3.05) is 5.32 Å². The molecule has 0 spiro atoms. The minimum Gasteiger partial charge on any atom is -0.489 e. The van der Waals surface area contributed by atoms with Crippen molar-refractivity contribution in [2.24, 2.45) is 4.99 Å². The van der Waals surface area contributed by atoms with E-state index in [0.29, 0.717) is 38.8 Å². The SMILES string of the molecule is CC(=O)Nc1ccc(N=C2NC(=O)C(=Cc3cccc(OCc4ccc(Cl)cc4)c3)S2)cc1. The number of amidine groups is 1. The van der Waals surface area contributed by atoms with Gasteiger partial charge in [-0.25, -0.2) is 4.99 Å². The molecule has 0 saturated carbocycles. The molecule has 1 heterocycles. The minimum atomic E-state index is -0.207. The third-order valence-corrected chi connectivity index (χ3v) is 5.71. The van der Waals surface area contributed by atoms with E-state index in [-0.39, 0.29) is 11.8 Å². The van der Waals surface area contributed by atoms with Crippen molar-refractivity contribution in [1.82, 2.24) is 5.32 Å². The number of hydrogen-bond acceptors (Lipinski definition) is 5. The average Bonchev–Trinajstić information content (AvgIpc) is 3.13. The second-order valence-corrected chi connectivity index (χ2v) is 8.66. The maximum atomic E-state index is 12.4. The van der Waals surface area contributed by atoms with Crippen molar-refractivity contribution in [3.05, 3.63) is 93.9 Å². The molecule has 1 aliphatic rings. The molecule has 6 nitrogen and oxygen atoms in total. The summed E-state index contributed by atoms with van der Waals surface area (Å²) >= 11 is 7.18. The van der Waals surface area contributed by atoms with Crippen LogP contribution in [0.5, 0.6) is 5.75 Å². The largest absolute Gasteiger partial charge is 0.489 e. The van der Waals surface area contributed by atoms with Gasteiger partial charge in [-0.2, -0.15) is 0 Å². The lowest BCUT2D eigenvalue weighted by Crippen LogP contribution is -2.19. The first-order valence-electron chi connectivity index (χ1n) is 10.1. The number of thioether (sulfide) groups is 1. The van der Waals surface area contributed by atoms with Gasteiger partial charge in [-0.3, -0.25) is 9.59 Å². The number of nitrogens with zero attached hydrogens (tertiary/aromatic N) is 1. The predicted octanol–water partition coefficient (Wildman–Crippen LogP) is 5.77. The van der Waals surface area contributed by atoms with Crippen LogP contribution in [0, 0.1) is 0 Å². The van der Waals surface area contributed by atoms with Crippen molar-refractivity contribution in [2.45, 2.75) is 13.5 Å². The summed E-state index contributed by atoms with van der Waals surface area (Å²) in [5, 5.41) is 6.66. The number of aliphatic imine (C=N–C) groups is 1. The number of nitrogens with one attached hydrogen (secondary N) is 2. The first-order valence-corrected chi connectivity index (χ1v) is 11.3. The van der Waals surface area contributed by atoms with Gasteiger partial charge in [0.1, 0.15) is 12.4 Å². The summed E-state index contributed by atoms with van der Waals surface area (Å²) in [6, 6.07) is 22.1. The van der Waals surface area contributed by atoms with Crippen LogP contribution in [-0.2, 0) is 16.2 Å². The molecule has 1 saturated heterocycles. The van der Waals surface area contributed by atoms with Gasteiger partial charge in [0, 0.05) is 17.6 Å². The third kappa shape index (κ3) is 6.47. The Bertz CT molecular complexity index is 1240. The van der Waals surface area contributed by atoms with E-state index >= 15 is 0 Å². The van der Waals surface area contributed by atoms with Gasteiger partial charge in [0.05, 0.1) is 10.6 Å². The Morgan fingerprint density at radius 3 is 2.61 bits per heavy atom. The zero-order chi connectivity index (χ0) is 23.2. The van der Waals surface area contributed by atoms with Crippen molar-refractivity contribution in [1.29, 1.82) is 0 Å². The van der Waals surface area contributed by atoms with Gasteiger partial charge in [-0.05, 0) is 77.5 Å². The molecule has 8 heteroatoms. The summed E-state index contributed by atoms with van der Waals surface area (Å²) in [5.74, 6) is 0.360. The molecular formula is C25H20ClN3O3S. The molecular weight excluding hydrogens is 458 g/mol. The lowest BCUT2D eigenvalue weighted by atomic mass is 10.2. The van der Waals surface area contributed by atoms with E-state index in [4.69, 9.17) is 16.3 Å². The van der Waals surface area contributed by atoms with Crippen LogP contribution in [0.4, 0.5) is 11.4 Å². The molecule has 166 valence electrons.